The molecule has 3 aromatic rings. The Bertz CT molecular complexity index is 1170. The van der Waals surface area contributed by atoms with Crippen LogP contribution in [0.1, 0.15) is 43.6 Å². The lowest BCUT2D eigenvalue weighted by molar-refractivity contribution is 0.0167. The number of rotatable bonds is 2. The molecule has 172 valence electrons. The van der Waals surface area contributed by atoms with Crippen LogP contribution >= 0.6 is 11.6 Å². The van der Waals surface area contributed by atoms with Gasteiger partial charge in [-0.3, -0.25) is 9.69 Å². The minimum Gasteiger partial charge on any atom is -0.444 e. The van der Waals surface area contributed by atoms with Crippen LogP contribution in [0, 0.1) is 0 Å². The molecule has 0 fully saturated rings. The van der Waals surface area contributed by atoms with Crippen LogP contribution in [0.15, 0.2) is 61.2 Å². The average molecular weight is 467 g/mol. The summed E-state index contributed by atoms with van der Waals surface area (Å²) in [6.45, 7) is 8.10. The van der Waals surface area contributed by atoms with E-state index in [1.165, 1.54) is 0 Å². The maximum absolute atomic E-state index is 13.7. The van der Waals surface area contributed by atoms with Gasteiger partial charge in [-0.25, -0.2) is 9.78 Å². The summed E-state index contributed by atoms with van der Waals surface area (Å²) in [6.07, 6.45) is 4.76. The zero-order chi connectivity index (χ0) is 23.8. The van der Waals surface area contributed by atoms with Gasteiger partial charge in [0.1, 0.15) is 5.60 Å². The number of carbonyl (C=O) groups is 2. The Balaban J connectivity index is 1.67. The Morgan fingerprint density at radius 1 is 1.15 bits per heavy atom. The van der Waals surface area contributed by atoms with Gasteiger partial charge in [0.05, 0.1) is 29.5 Å². The van der Waals surface area contributed by atoms with E-state index >= 15 is 0 Å². The molecule has 2 aromatic carbocycles. The van der Waals surface area contributed by atoms with Crippen LogP contribution in [0.25, 0.3) is 5.69 Å². The fraction of sp³-hybridized carbons (Fsp3) is 0.320. The maximum atomic E-state index is 13.7. The summed E-state index contributed by atoms with van der Waals surface area (Å²) in [6, 6.07) is 12.6. The van der Waals surface area contributed by atoms with Crippen molar-refractivity contribution in [2.45, 2.75) is 45.9 Å². The molecule has 0 spiro atoms. The molecule has 1 aliphatic rings. The van der Waals surface area contributed by atoms with Gasteiger partial charge in [0.15, 0.2) is 0 Å². The van der Waals surface area contributed by atoms with Crippen LogP contribution in [0.5, 0.6) is 0 Å². The second-order valence-electron chi connectivity index (χ2n) is 9.14. The fourth-order valence-corrected chi connectivity index (χ4v) is 4.12. The van der Waals surface area contributed by atoms with Crippen LogP contribution in [-0.2, 0) is 11.3 Å². The topological polar surface area (TPSA) is 67.7 Å². The number of carbonyl (C=O) groups excluding carboxylic acids is 2. The Morgan fingerprint density at radius 3 is 2.58 bits per heavy atom. The number of amides is 2. The Kier molecular flexibility index (Phi) is 6.17. The molecule has 0 unspecified atom stereocenters. The summed E-state index contributed by atoms with van der Waals surface area (Å²) < 4.78 is 7.44. The number of benzene rings is 2. The first kappa shape index (κ1) is 22.9. The van der Waals surface area contributed by atoms with Crippen molar-refractivity contribution in [2.24, 2.45) is 0 Å². The molecule has 1 aliphatic heterocycles. The molecule has 1 atom stereocenters. The van der Waals surface area contributed by atoms with Gasteiger partial charge in [-0.2, -0.15) is 0 Å². The van der Waals surface area contributed by atoms with Gasteiger partial charge in [0.2, 0.25) is 0 Å². The highest BCUT2D eigenvalue weighted by molar-refractivity contribution is 6.34. The van der Waals surface area contributed by atoms with Gasteiger partial charge < -0.3 is 14.2 Å². The second kappa shape index (κ2) is 8.90. The molecule has 0 radical (unpaired) electrons. The van der Waals surface area contributed by atoms with Crippen molar-refractivity contribution in [2.75, 3.05) is 11.4 Å². The third-order valence-corrected chi connectivity index (χ3v) is 5.77. The number of aromatic nitrogens is 2. The largest absolute Gasteiger partial charge is 0.444 e. The predicted molar refractivity (Wildman–Crippen MR) is 128 cm³/mol. The van der Waals surface area contributed by atoms with Crippen LogP contribution in [0.2, 0.25) is 5.02 Å². The predicted octanol–water partition coefficient (Wildman–Crippen LogP) is 5.31. The van der Waals surface area contributed by atoms with Crippen molar-refractivity contribution in [3.8, 4) is 5.69 Å². The quantitative estimate of drug-likeness (QED) is 0.513. The number of imidazole rings is 1. The van der Waals surface area contributed by atoms with Crippen molar-refractivity contribution in [3.63, 3.8) is 0 Å². The summed E-state index contributed by atoms with van der Waals surface area (Å²) in [5.41, 5.74) is 2.23. The first-order valence-electron chi connectivity index (χ1n) is 10.8. The SMILES string of the molecule is C[C@@H]1CN(C(=O)c2ccc(-n3ccnc3)cc2Cl)c2ccccc2CN1C(=O)OC(C)(C)C. The molecule has 4 rings (SSSR count). The third-order valence-electron chi connectivity index (χ3n) is 5.46. The first-order chi connectivity index (χ1) is 15.6. The number of anilines is 1. The van der Waals surface area contributed by atoms with Crippen LogP contribution in [0.4, 0.5) is 10.5 Å². The number of ether oxygens (including phenoxy) is 1. The summed E-state index contributed by atoms with van der Waals surface area (Å²) in [5.74, 6) is -0.220. The summed E-state index contributed by atoms with van der Waals surface area (Å²) in [5, 5.41) is 0.351. The number of para-hydroxylation sites is 1. The second-order valence-corrected chi connectivity index (χ2v) is 9.54. The zero-order valence-corrected chi connectivity index (χ0v) is 19.9. The van der Waals surface area contributed by atoms with Crippen LogP contribution < -0.4 is 4.90 Å². The van der Waals surface area contributed by atoms with E-state index < -0.39 is 11.7 Å². The van der Waals surface area contributed by atoms with Gasteiger partial charge in [-0.1, -0.05) is 29.8 Å². The lowest BCUT2D eigenvalue weighted by atomic mass is 10.1. The van der Waals surface area contributed by atoms with E-state index in [1.54, 1.807) is 34.5 Å². The summed E-state index contributed by atoms with van der Waals surface area (Å²) in [4.78, 5) is 34.0. The number of hydrogen-bond donors (Lipinski definition) is 0. The van der Waals surface area contributed by atoms with Crippen LogP contribution in [0.3, 0.4) is 0 Å². The summed E-state index contributed by atoms with van der Waals surface area (Å²) in [7, 11) is 0. The van der Waals surface area contributed by atoms with Crippen molar-refractivity contribution in [1.29, 1.82) is 0 Å². The van der Waals surface area contributed by atoms with E-state index in [-0.39, 0.29) is 11.9 Å². The highest BCUT2D eigenvalue weighted by Gasteiger charge is 2.34. The van der Waals surface area contributed by atoms with E-state index in [9.17, 15) is 9.59 Å². The molecule has 0 aliphatic carbocycles. The Labute approximate surface area is 198 Å². The smallest absolute Gasteiger partial charge is 0.410 e. The molecule has 33 heavy (non-hydrogen) atoms. The number of hydrogen-bond acceptors (Lipinski definition) is 4. The molecule has 0 N–H and O–H groups in total. The third kappa shape index (κ3) is 4.88. The number of nitrogens with zero attached hydrogens (tertiary/aromatic N) is 4. The molecule has 1 aromatic heterocycles. The average Bonchev–Trinajstić information content (AvgIpc) is 3.24. The maximum Gasteiger partial charge on any atom is 0.410 e. The molecular formula is C25H27ClN4O3. The zero-order valence-electron chi connectivity index (χ0n) is 19.2. The van der Waals surface area contributed by atoms with Crippen LogP contribution in [-0.4, -0.2) is 44.6 Å². The fourth-order valence-electron chi connectivity index (χ4n) is 3.86. The minimum atomic E-state index is -0.608. The molecule has 0 bridgehead atoms. The molecule has 2 amide bonds. The highest BCUT2D eigenvalue weighted by atomic mass is 35.5. The summed E-state index contributed by atoms with van der Waals surface area (Å²) >= 11 is 6.55. The molecular weight excluding hydrogens is 440 g/mol. The number of halogens is 1. The van der Waals surface area contributed by atoms with Gasteiger partial charge in [-0.05, 0) is 57.5 Å². The minimum absolute atomic E-state index is 0.220. The van der Waals surface area contributed by atoms with E-state index in [2.05, 4.69) is 4.98 Å². The molecule has 8 heteroatoms. The molecule has 0 saturated carbocycles. The van der Waals surface area contributed by atoms with Crippen molar-refractivity contribution in [3.05, 3.63) is 77.3 Å². The molecule has 2 heterocycles. The van der Waals surface area contributed by atoms with Gasteiger partial charge >= 0.3 is 6.09 Å². The van der Waals surface area contributed by atoms with Gasteiger partial charge in [0.25, 0.3) is 5.91 Å². The van der Waals surface area contributed by atoms with E-state index in [1.807, 2.05) is 68.8 Å². The van der Waals surface area contributed by atoms with Gasteiger partial charge in [-0.15, -0.1) is 0 Å². The van der Waals surface area contributed by atoms with E-state index in [0.29, 0.717) is 23.7 Å². The lowest BCUT2D eigenvalue weighted by Gasteiger charge is -2.31. The van der Waals surface area contributed by atoms with Gasteiger partial charge in [0, 0.05) is 30.3 Å². The van der Waals surface area contributed by atoms with E-state index in [0.717, 1.165) is 16.9 Å². The van der Waals surface area contributed by atoms with Crippen molar-refractivity contribution < 1.29 is 14.3 Å². The lowest BCUT2D eigenvalue weighted by Crippen LogP contribution is -2.46. The van der Waals surface area contributed by atoms with E-state index in [4.69, 9.17) is 16.3 Å². The number of fused-ring (bicyclic) bond motifs is 1. The Hall–Kier alpha value is -3.32. The monoisotopic (exact) mass is 466 g/mol. The highest BCUT2D eigenvalue weighted by Crippen LogP contribution is 2.31. The molecule has 0 saturated heterocycles. The normalized spacial score (nSPS) is 16.2. The van der Waals surface area contributed by atoms with Crippen molar-refractivity contribution >= 4 is 29.3 Å². The molecule has 7 nitrogen and oxygen atoms in total. The first-order valence-corrected chi connectivity index (χ1v) is 11.2. The standard InChI is InChI=1S/C25H27ClN4O3/c1-17-14-30(23(31)20-10-9-19(13-21(20)26)28-12-11-27-16-28)22-8-6-5-7-18(22)15-29(17)24(32)33-25(2,3)4/h5-13,16-17H,14-15H2,1-4H3/t17-/m1/s1. The Morgan fingerprint density at radius 2 is 1.91 bits per heavy atom. The van der Waals surface area contributed by atoms with Crippen molar-refractivity contribution in [1.82, 2.24) is 14.5 Å².